The normalized spacial score (nSPS) is 11.1. The Morgan fingerprint density at radius 2 is 1.78 bits per heavy atom. The number of fused-ring (bicyclic) bond motifs is 3. The van der Waals surface area contributed by atoms with Crippen molar-refractivity contribution in [3.63, 3.8) is 0 Å². The number of carbonyl (C=O) groups excluding carboxylic acids is 1. The predicted octanol–water partition coefficient (Wildman–Crippen LogP) is 2.80. The summed E-state index contributed by atoms with van der Waals surface area (Å²) in [6.45, 7) is 3.56. The van der Waals surface area contributed by atoms with Gasteiger partial charge in [-0.3, -0.25) is 4.79 Å². The molecule has 0 bridgehead atoms. The maximum atomic E-state index is 11.8. The van der Waals surface area contributed by atoms with E-state index in [9.17, 15) is 4.79 Å². The smallest absolute Gasteiger partial charge is 0.185 e. The van der Waals surface area contributed by atoms with E-state index in [0.29, 0.717) is 0 Å². The van der Waals surface area contributed by atoms with Crippen molar-refractivity contribution in [3.05, 3.63) is 71.8 Å². The van der Waals surface area contributed by atoms with Gasteiger partial charge in [-0.15, -0.1) is 0 Å². The van der Waals surface area contributed by atoms with Crippen molar-refractivity contribution in [1.82, 2.24) is 0 Å². The van der Waals surface area contributed by atoms with Gasteiger partial charge in [0.1, 0.15) is 0 Å². The average Bonchev–Trinajstić information content (AvgIpc) is 2.76. The molecule has 2 N–H and O–H groups in total. The van der Waals surface area contributed by atoms with E-state index in [1.54, 1.807) is 0 Å². The Labute approximate surface area is 106 Å². The van der Waals surface area contributed by atoms with Gasteiger partial charge in [-0.25, -0.2) is 0 Å². The van der Waals surface area contributed by atoms with Crippen LogP contribution in [-0.4, -0.2) is 11.3 Å². The van der Waals surface area contributed by atoms with Gasteiger partial charge in [-0.2, -0.15) is 0 Å². The van der Waals surface area contributed by atoms with E-state index in [1.807, 2.05) is 24.3 Å². The molecule has 90 valence electrons. The lowest BCUT2D eigenvalue weighted by Gasteiger charge is -2.04. The molecule has 2 nitrogen and oxygen atoms in total. The molecule has 0 aliphatic heterocycles. The summed E-state index contributed by atoms with van der Waals surface area (Å²) in [4.78, 5) is 11.8. The highest BCUT2D eigenvalue weighted by atomic mass is 16.1. The molecular formula is C16H14O2. The molecule has 0 atom stereocenters. The molecule has 2 aromatic rings. The Hall–Kier alpha value is -2.19. The minimum Gasteiger partial charge on any atom is -0.412 e. The standard InChI is InChI=1S/C16H12O.H2O/c1-2-16(17)14-9-5-8-13-12-7-4-3-6-11(12)10-15(13)14;/h2-9H,1,10H2;1H2. The summed E-state index contributed by atoms with van der Waals surface area (Å²) in [7, 11) is 0. The van der Waals surface area contributed by atoms with Crippen LogP contribution in [-0.2, 0) is 6.42 Å². The van der Waals surface area contributed by atoms with Crippen LogP contribution in [0.2, 0.25) is 0 Å². The largest absolute Gasteiger partial charge is 0.412 e. The third-order valence-electron chi connectivity index (χ3n) is 3.30. The number of ketones is 1. The lowest BCUT2D eigenvalue weighted by molar-refractivity contribution is 0.104. The number of allylic oxidation sites excluding steroid dienone is 1. The van der Waals surface area contributed by atoms with Crippen molar-refractivity contribution in [2.75, 3.05) is 0 Å². The first kappa shape index (κ1) is 12.3. The van der Waals surface area contributed by atoms with Gasteiger partial charge in [0.25, 0.3) is 0 Å². The number of benzene rings is 2. The highest BCUT2D eigenvalue weighted by Crippen LogP contribution is 2.38. The van der Waals surface area contributed by atoms with Gasteiger partial charge >= 0.3 is 0 Å². The van der Waals surface area contributed by atoms with E-state index in [4.69, 9.17) is 0 Å². The zero-order valence-corrected chi connectivity index (χ0v) is 9.94. The highest BCUT2D eigenvalue weighted by molar-refractivity contribution is 6.07. The van der Waals surface area contributed by atoms with Gasteiger partial charge < -0.3 is 5.48 Å². The van der Waals surface area contributed by atoms with E-state index >= 15 is 0 Å². The Bertz CT molecular complexity index is 627. The summed E-state index contributed by atoms with van der Waals surface area (Å²) in [6, 6.07) is 14.2. The van der Waals surface area contributed by atoms with Crippen molar-refractivity contribution < 1.29 is 10.3 Å². The summed E-state index contributed by atoms with van der Waals surface area (Å²) >= 11 is 0. The molecule has 0 aromatic heterocycles. The van der Waals surface area contributed by atoms with Crippen LogP contribution < -0.4 is 0 Å². The summed E-state index contributed by atoms with van der Waals surface area (Å²) in [5.74, 6) is 0.00894. The molecule has 0 spiro atoms. The maximum Gasteiger partial charge on any atom is 0.185 e. The van der Waals surface area contributed by atoms with Crippen LogP contribution >= 0.6 is 0 Å². The molecule has 1 aliphatic carbocycles. The third-order valence-corrected chi connectivity index (χ3v) is 3.30. The monoisotopic (exact) mass is 238 g/mol. The third kappa shape index (κ3) is 1.67. The van der Waals surface area contributed by atoms with Gasteiger partial charge in [0.05, 0.1) is 0 Å². The highest BCUT2D eigenvalue weighted by Gasteiger charge is 2.21. The maximum absolute atomic E-state index is 11.8. The Morgan fingerprint density at radius 1 is 1.06 bits per heavy atom. The van der Waals surface area contributed by atoms with Gasteiger partial charge in [0, 0.05) is 5.56 Å². The summed E-state index contributed by atoms with van der Waals surface area (Å²) in [6.07, 6.45) is 2.24. The lowest BCUT2D eigenvalue weighted by Crippen LogP contribution is -1.99. The van der Waals surface area contributed by atoms with Crippen molar-refractivity contribution in [2.24, 2.45) is 0 Å². The zero-order valence-electron chi connectivity index (χ0n) is 9.94. The van der Waals surface area contributed by atoms with Crippen LogP contribution in [0.5, 0.6) is 0 Å². The predicted molar refractivity (Wildman–Crippen MR) is 72.8 cm³/mol. The van der Waals surface area contributed by atoms with Gasteiger partial charge in [-0.1, -0.05) is 49.0 Å². The molecule has 0 saturated carbocycles. The summed E-state index contributed by atoms with van der Waals surface area (Å²) in [5, 5.41) is 0. The first-order valence-electron chi connectivity index (χ1n) is 5.68. The van der Waals surface area contributed by atoms with E-state index in [2.05, 4.69) is 24.8 Å². The van der Waals surface area contributed by atoms with E-state index in [0.717, 1.165) is 17.5 Å². The van der Waals surface area contributed by atoms with Crippen molar-refractivity contribution in [3.8, 4) is 11.1 Å². The number of rotatable bonds is 2. The SMILES string of the molecule is C=CC(=O)c1cccc2c1Cc1ccccc1-2.O. The summed E-state index contributed by atoms with van der Waals surface area (Å²) < 4.78 is 0. The second-order valence-corrected chi connectivity index (χ2v) is 4.23. The molecule has 2 heteroatoms. The zero-order chi connectivity index (χ0) is 11.8. The van der Waals surface area contributed by atoms with Crippen LogP contribution in [0.25, 0.3) is 11.1 Å². The van der Waals surface area contributed by atoms with E-state index < -0.39 is 0 Å². The first-order chi connectivity index (χ1) is 8.31. The fraction of sp³-hybridized carbons (Fsp3) is 0.0625. The van der Waals surface area contributed by atoms with E-state index in [-0.39, 0.29) is 11.3 Å². The molecule has 0 heterocycles. The van der Waals surface area contributed by atoms with Crippen LogP contribution in [0.1, 0.15) is 21.5 Å². The molecule has 0 saturated heterocycles. The number of hydrogen-bond donors (Lipinski definition) is 0. The van der Waals surface area contributed by atoms with Gasteiger partial charge in [0.2, 0.25) is 0 Å². The molecule has 18 heavy (non-hydrogen) atoms. The fourth-order valence-electron chi connectivity index (χ4n) is 2.50. The van der Waals surface area contributed by atoms with Gasteiger partial charge in [-0.05, 0) is 34.8 Å². The Kier molecular flexibility index (Phi) is 3.13. The lowest BCUT2D eigenvalue weighted by atomic mass is 9.98. The second kappa shape index (κ2) is 4.59. The topological polar surface area (TPSA) is 48.6 Å². The van der Waals surface area contributed by atoms with Crippen molar-refractivity contribution >= 4 is 5.78 Å². The molecule has 2 aromatic carbocycles. The molecule has 3 rings (SSSR count). The second-order valence-electron chi connectivity index (χ2n) is 4.23. The van der Waals surface area contributed by atoms with Crippen LogP contribution in [0.4, 0.5) is 0 Å². The molecule has 0 radical (unpaired) electrons. The van der Waals surface area contributed by atoms with Crippen molar-refractivity contribution in [2.45, 2.75) is 6.42 Å². The Balaban J connectivity index is 0.00000120. The first-order valence-corrected chi connectivity index (χ1v) is 5.68. The van der Waals surface area contributed by atoms with E-state index in [1.165, 1.54) is 22.8 Å². The minimum absolute atomic E-state index is 0. The number of hydrogen-bond acceptors (Lipinski definition) is 1. The number of carbonyl (C=O) groups is 1. The molecular weight excluding hydrogens is 224 g/mol. The molecule has 0 unspecified atom stereocenters. The van der Waals surface area contributed by atoms with Crippen LogP contribution in [0, 0.1) is 0 Å². The summed E-state index contributed by atoms with van der Waals surface area (Å²) in [5.41, 5.74) is 5.66. The Morgan fingerprint density at radius 3 is 2.56 bits per heavy atom. The minimum atomic E-state index is 0. The van der Waals surface area contributed by atoms with Crippen LogP contribution in [0.3, 0.4) is 0 Å². The molecule has 0 fully saturated rings. The van der Waals surface area contributed by atoms with Crippen molar-refractivity contribution in [1.29, 1.82) is 0 Å². The quantitative estimate of drug-likeness (QED) is 0.500. The van der Waals surface area contributed by atoms with Gasteiger partial charge in [0.15, 0.2) is 5.78 Å². The molecule has 0 amide bonds. The van der Waals surface area contributed by atoms with Crippen LogP contribution in [0.15, 0.2) is 55.1 Å². The fourth-order valence-corrected chi connectivity index (χ4v) is 2.50. The molecule has 1 aliphatic rings. The average molecular weight is 238 g/mol.